The van der Waals surface area contributed by atoms with E-state index in [9.17, 15) is 5.26 Å². The second-order valence-electron chi connectivity index (χ2n) is 19.3. The van der Waals surface area contributed by atoms with E-state index in [1.165, 1.54) is 12.1 Å². The molecule has 378 valence electrons. The normalized spacial score (nSPS) is 11.7. The van der Waals surface area contributed by atoms with Gasteiger partial charge in [0.15, 0.2) is 34.9 Å². The van der Waals surface area contributed by atoms with Crippen molar-refractivity contribution in [2.24, 2.45) is 0 Å². The zero-order chi connectivity index (χ0) is 53.9. The van der Waals surface area contributed by atoms with Crippen LogP contribution in [-0.2, 0) is 6.18 Å². The van der Waals surface area contributed by atoms with Gasteiger partial charge in [0, 0.05) is 54.9 Å². The first kappa shape index (κ1) is 47.5. The Hall–Kier alpha value is -10.9. The van der Waals surface area contributed by atoms with Crippen molar-refractivity contribution in [2.75, 3.05) is 0 Å². The van der Waals surface area contributed by atoms with E-state index in [4.69, 9.17) is 29.9 Å². The highest BCUT2D eigenvalue weighted by atomic mass is 19.4. The van der Waals surface area contributed by atoms with Gasteiger partial charge in [-0.1, -0.05) is 170 Å². The summed E-state index contributed by atoms with van der Waals surface area (Å²) >= 11 is 0. The molecule has 0 radical (unpaired) electrons. The van der Waals surface area contributed by atoms with E-state index in [1.807, 2.05) is 215 Å². The maximum Gasteiger partial charge on any atom is 0.417 e. The maximum absolute atomic E-state index is 16.1. The Balaban J connectivity index is 1.02. The minimum absolute atomic E-state index is 0.0794. The number of aromatic nitrogens is 8. The summed E-state index contributed by atoms with van der Waals surface area (Å²) in [5.41, 5.74) is 7.85. The maximum atomic E-state index is 16.1. The van der Waals surface area contributed by atoms with Crippen LogP contribution in [0.1, 0.15) is 11.1 Å². The van der Waals surface area contributed by atoms with Crippen LogP contribution in [0.5, 0.6) is 0 Å². The van der Waals surface area contributed by atoms with Crippen LogP contribution >= 0.6 is 0 Å². The van der Waals surface area contributed by atoms with Gasteiger partial charge < -0.3 is 9.13 Å². The fraction of sp³-hybridized carbons (Fsp3) is 0.0147. The Kier molecular flexibility index (Phi) is 11.5. The van der Waals surface area contributed by atoms with Crippen LogP contribution in [0.3, 0.4) is 0 Å². The van der Waals surface area contributed by atoms with Crippen molar-refractivity contribution in [3.8, 4) is 96.9 Å². The van der Waals surface area contributed by atoms with Crippen molar-refractivity contribution >= 4 is 43.6 Å². The number of nitrogens with zero attached hydrogens (tertiary/aromatic N) is 9. The molecule has 0 fully saturated rings. The second kappa shape index (κ2) is 19.3. The van der Waals surface area contributed by atoms with Gasteiger partial charge in [0.1, 0.15) is 0 Å². The van der Waals surface area contributed by atoms with E-state index in [0.29, 0.717) is 57.2 Å². The minimum Gasteiger partial charge on any atom is -0.307 e. The molecule has 0 spiro atoms. The second-order valence-corrected chi connectivity index (χ2v) is 19.3. The van der Waals surface area contributed by atoms with Gasteiger partial charge in [-0.2, -0.15) is 18.4 Å². The monoisotopic (exact) mass is 1040 g/mol. The number of hydrogen-bond acceptors (Lipinski definition) is 7. The average molecular weight is 1040 g/mol. The first-order valence-corrected chi connectivity index (χ1v) is 25.8. The van der Waals surface area contributed by atoms with Gasteiger partial charge in [0.05, 0.1) is 50.6 Å². The lowest BCUT2D eigenvalue weighted by Gasteiger charge is -2.22. The Bertz CT molecular complexity index is 4650. The summed E-state index contributed by atoms with van der Waals surface area (Å²) < 4.78 is 52.1. The highest BCUT2D eigenvalue weighted by molar-refractivity contribution is 6.13. The van der Waals surface area contributed by atoms with Crippen LogP contribution in [0, 0.1) is 11.3 Å². The van der Waals surface area contributed by atoms with Gasteiger partial charge >= 0.3 is 6.18 Å². The van der Waals surface area contributed by atoms with Gasteiger partial charge in [-0.15, -0.1) is 0 Å². The van der Waals surface area contributed by atoms with Gasteiger partial charge in [0.2, 0.25) is 0 Å². The van der Waals surface area contributed by atoms with Crippen LogP contribution in [0.15, 0.2) is 243 Å². The molecule has 0 N–H and O–H groups in total. The van der Waals surface area contributed by atoms with E-state index < -0.39 is 11.7 Å². The molecular weight excluding hydrogens is 1000 g/mol. The molecule has 0 aliphatic heterocycles. The zero-order valence-electron chi connectivity index (χ0n) is 42.3. The van der Waals surface area contributed by atoms with E-state index in [0.717, 1.165) is 60.4 Å². The number of benzene rings is 10. The van der Waals surface area contributed by atoms with Crippen molar-refractivity contribution in [3.63, 3.8) is 0 Å². The van der Waals surface area contributed by atoms with Crippen molar-refractivity contribution in [2.45, 2.75) is 6.18 Å². The zero-order valence-corrected chi connectivity index (χ0v) is 42.3. The SMILES string of the molecule is N#Cc1cccc(-c2cc(-n3c4ccccc4c4cc(-c5nc(-c6ccccc6)nc(-c6ccccc6)n5)ccc43)c(-n3c4ccccc4c4cc(-c5nc(-c6ccccc6)nc(-c6ccccc6)n5)ccc43)cc2C(F)(F)F)c1. The standard InChI is InChI=1S/C68H40F3N9/c69-68(70,71)55-40-61(80-57-31-16-14-29-51(57)54-38-49(33-35-59(54)80)67-77-64(45-23-9-3-10-24-45)74-65(78-67)46-25-11-4-12-26-46)60(39-52(55)47-27-17-18-42(36-47)41-72)79-56-30-15-13-28-50(56)53-37-48(32-34-58(53)79)66-75-62(43-19-5-1-6-20-43)73-63(76-66)44-21-7-2-8-22-44/h1-40H. The molecule has 14 aromatic rings. The summed E-state index contributed by atoms with van der Waals surface area (Å²) in [6, 6.07) is 77.8. The van der Waals surface area contributed by atoms with Crippen molar-refractivity contribution < 1.29 is 13.2 Å². The summed E-state index contributed by atoms with van der Waals surface area (Å²) in [6.45, 7) is 0. The number of nitriles is 1. The number of para-hydroxylation sites is 2. The van der Waals surface area contributed by atoms with E-state index in [2.05, 4.69) is 6.07 Å². The minimum atomic E-state index is -4.82. The number of fused-ring (bicyclic) bond motifs is 6. The highest BCUT2D eigenvalue weighted by Gasteiger charge is 2.36. The quantitative estimate of drug-likeness (QED) is 0.142. The molecule has 0 saturated carbocycles. The lowest BCUT2D eigenvalue weighted by atomic mass is 9.95. The molecule has 80 heavy (non-hydrogen) atoms. The molecule has 12 heteroatoms. The average Bonchev–Trinajstić information content (AvgIpc) is 4.15. The van der Waals surface area contributed by atoms with Crippen LogP contribution in [-0.4, -0.2) is 39.0 Å². The molecule has 0 aliphatic rings. The van der Waals surface area contributed by atoms with Crippen LogP contribution in [0.2, 0.25) is 0 Å². The highest BCUT2D eigenvalue weighted by Crippen LogP contribution is 2.46. The predicted octanol–water partition coefficient (Wildman–Crippen LogP) is 16.8. The summed E-state index contributed by atoms with van der Waals surface area (Å²) in [4.78, 5) is 29.9. The molecular formula is C68H40F3N9. The third kappa shape index (κ3) is 8.37. The summed E-state index contributed by atoms with van der Waals surface area (Å²) in [5.74, 6) is 2.93. The molecule has 4 aromatic heterocycles. The predicted molar refractivity (Wildman–Crippen MR) is 310 cm³/mol. The molecule has 0 bridgehead atoms. The first-order valence-electron chi connectivity index (χ1n) is 25.8. The van der Waals surface area contributed by atoms with Crippen LogP contribution in [0.25, 0.3) is 134 Å². The summed E-state index contributed by atoms with van der Waals surface area (Å²) in [6.07, 6.45) is -4.82. The molecule has 4 heterocycles. The number of hydrogen-bond donors (Lipinski definition) is 0. The molecule has 0 unspecified atom stereocenters. The fourth-order valence-electron chi connectivity index (χ4n) is 10.8. The van der Waals surface area contributed by atoms with Crippen molar-refractivity contribution in [1.82, 2.24) is 39.0 Å². The molecule has 0 amide bonds. The Morgan fingerprint density at radius 2 is 0.662 bits per heavy atom. The first-order chi connectivity index (χ1) is 39.2. The molecule has 0 aliphatic carbocycles. The third-order valence-corrected chi connectivity index (χ3v) is 14.5. The molecule has 0 atom stereocenters. The number of halogens is 3. The van der Waals surface area contributed by atoms with E-state index in [-0.39, 0.29) is 22.4 Å². The third-order valence-electron chi connectivity index (χ3n) is 14.5. The Morgan fingerprint density at radius 1 is 0.312 bits per heavy atom. The Morgan fingerprint density at radius 3 is 1.06 bits per heavy atom. The van der Waals surface area contributed by atoms with E-state index in [1.54, 1.807) is 24.3 Å². The lowest BCUT2D eigenvalue weighted by Crippen LogP contribution is -2.12. The van der Waals surface area contributed by atoms with E-state index >= 15 is 13.2 Å². The summed E-state index contributed by atoms with van der Waals surface area (Å²) in [7, 11) is 0. The lowest BCUT2D eigenvalue weighted by molar-refractivity contribution is -0.137. The van der Waals surface area contributed by atoms with Crippen molar-refractivity contribution in [3.05, 3.63) is 254 Å². The summed E-state index contributed by atoms with van der Waals surface area (Å²) in [5, 5.41) is 13.3. The molecule has 0 saturated heterocycles. The fourth-order valence-corrected chi connectivity index (χ4v) is 10.8. The molecule has 9 nitrogen and oxygen atoms in total. The smallest absolute Gasteiger partial charge is 0.307 e. The number of alkyl halides is 3. The molecule has 10 aromatic carbocycles. The van der Waals surface area contributed by atoms with Gasteiger partial charge in [0.25, 0.3) is 0 Å². The number of rotatable bonds is 9. The molecule has 14 rings (SSSR count). The topological polar surface area (TPSA) is 111 Å². The largest absolute Gasteiger partial charge is 0.417 e. The van der Waals surface area contributed by atoms with Crippen molar-refractivity contribution in [1.29, 1.82) is 5.26 Å². The van der Waals surface area contributed by atoms with Crippen LogP contribution in [0.4, 0.5) is 13.2 Å². The van der Waals surface area contributed by atoms with Crippen LogP contribution < -0.4 is 0 Å². The Labute approximate surface area is 455 Å². The van der Waals surface area contributed by atoms with Gasteiger partial charge in [-0.05, 0) is 83.9 Å². The van der Waals surface area contributed by atoms with Gasteiger partial charge in [-0.25, -0.2) is 29.9 Å². The van der Waals surface area contributed by atoms with Gasteiger partial charge in [-0.3, -0.25) is 0 Å².